The van der Waals surface area contributed by atoms with Gasteiger partial charge in [0.25, 0.3) is 5.91 Å². The minimum Gasteiger partial charge on any atom is -0.450 e. The van der Waals surface area contributed by atoms with Crippen LogP contribution < -0.4 is 16.0 Å². The number of alkyl carbamates (subject to hydrolysis) is 1. The van der Waals surface area contributed by atoms with Crippen molar-refractivity contribution in [3.63, 3.8) is 0 Å². The van der Waals surface area contributed by atoms with E-state index in [2.05, 4.69) is 34.8 Å². The number of carbonyl (C=O) groups is 2. The lowest BCUT2D eigenvalue weighted by Gasteiger charge is -2.21. The highest BCUT2D eigenvalue weighted by molar-refractivity contribution is 5.98. The molecule has 0 fully saturated rings. The van der Waals surface area contributed by atoms with Crippen LogP contribution in [0.25, 0.3) is 0 Å². The van der Waals surface area contributed by atoms with Crippen LogP contribution in [-0.4, -0.2) is 42.2 Å². The van der Waals surface area contributed by atoms with Crippen LogP contribution in [0.3, 0.4) is 0 Å². The van der Waals surface area contributed by atoms with Gasteiger partial charge < -0.3 is 20.7 Å². The molecule has 2 amide bonds. The average molecular weight is 350 g/mol. The Hall–Kier alpha value is -2.31. The summed E-state index contributed by atoms with van der Waals surface area (Å²) in [4.78, 5) is 28.4. The van der Waals surface area contributed by atoms with E-state index in [1.165, 1.54) is 0 Å². The molecule has 25 heavy (non-hydrogen) atoms. The number of hydrogen-bond donors (Lipinski definition) is 3. The molecule has 1 aromatic rings. The molecule has 0 aliphatic rings. The number of nitrogens with zero attached hydrogens (tertiary/aromatic N) is 1. The molecule has 7 nitrogen and oxygen atoms in total. The largest absolute Gasteiger partial charge is 0.450 e. The summed E-state index contributed by atoms with van der Waals surface area (Å²) < 4.78 is 4.93. The number of pyridine rings is 1. The smallest absolute Gasteiger partial charge is 0.407 e. The average Bonchev–Trinajstić information content (AvgIpc) is 2.52. The summed E-state index contributed by atoms with van der Waals surface area (Å²) >= 11 is 0. The van der Waals surface area contributed by atoms with Crippen molar-refractivity contribution in [1.82, 2.24) is 15.6 Å². The molecule has 1 rings (SSSR count). The van der Waals surface area contributed by atoms with Crippen LogP contribution in [0.5, 0.6) is 0 Å². The molecule has 7 heteroatoms. The van der Waals surface area contributed by atoms with E-state index < -0.39 is 6.09 Å². The molecule has 140 valence electrons. The number of rotatable bonds is 9. The Morgan fingerprint density at radius 3 is 2.56 bits per heavy atom. The maximum absolute atomic E-state index is 12.5. The van der Waals surface area contributed by atoms with Gasteiger partial charge in [-0.15, -0.1) is 0 Å². The Morgan fingerprint density at radius 1 is 1.24 bits per heavy atom. The normalized spacial score (nSPS) is 12.0. The highest BCUT2D eigenvalue weighted by Gasteiger charge is 2.18. The van der Waals surface area contributed by atoms with Crippen LogP contribution in [0.1, 0.15) is 51.4 Å². The first-order valence-corrected chi connectivity index (χ1v) is 8.76. The van der Waals surface area contributed by atoms with Gasteiger partial charge in [0.15, 0.2) is 0 Å². The molecule has 0 aliphatic heterocycles. The van der Waals surface area contributed by atoms with Gasteiger partial charge in [-0.2, -0.15) is 0 Å². The molecule has 0 radical (unpaired) electrons. The predicted molar refractivity (Wildman–Crippen MR) is 98.7 cm³/mol. The fourth-order valence-electron chi connectivity index (χ4n) is 2.39. The van der Waals surface area contributed by atoms with Crippen molar-refractivity contribution in [2.45, 2.75) is 53.1 Å². The maximum atomic E-state index is 12.5. The van der Waals surface area contributed by atoms with Crippen LogP contribution in [0.4, 0.5) is 10.6 Å². The number of hydrogen-bond acceptors (Lipinski definition) is 5. The Kier molecular flexibility index (Phi) is 8.74. The number of amides is 2. The third-order valence-electron chi connectivity index (χ3n) is 3.34. The van der Waals surface area contributed by atoms with Crippen molar-refractivity contribution in [2.24, 2.45) is 5.92 Å². The second-order valence-corrected chi connectivity index (χ2v) is 6.60. The van der Waals surface area contributed by atoms with Crippen molar-refractivity contribution in [2.75, 3.05) is 18.5 Å². The van der Waals surface area contributed by atoms with Crippen LogP contribution in [0.2, 0.25) is 0 Å². The lowest BCUT2D eigenvalue weighted by Crippen LogP contribution is -2.44. The van der Waals surface area contributed by atoms with Crippen molar-refractivity contribution >= 4 is 17.8 Å². The molecule has 0 saturated carbocycles. The first-order valence-electron chi connectivity index (χ1n) is 8.76. The Bertz CT molecular complexity index is 561. The molecule has 0 aromatic carbocycles. The summed E-state index contributed by atoms with van der Waals surface area (Å²) in [5, 5.41) is 8.83. The van der Waals surface area contributed by atoms with Gasteiger partial charge in [-0.25, -0.2) is 9.78 Å². The fourth-order valence-corrected chi connectivity index (χ4v) is 2.39. The highest BCUT2D eigenvalue weighted by atomic mass is 16.5. The van der Waals surface area contributed by atoms with Gasteiger partial charge in [-0.3, -0.25) is 4.79 Å². The Morgan fingerprint density at radius 2 is 1.96 bits per heavy atom. The predicted octanol–water partition coefficient (Wildman–Crippen LogP) is 2.79. The quantitative estimate of drug-likeness (QED) is 0.637. The van der Waals surface area contributed by atoms with Gasteiger partial charge in [0.05, 0.1) is 12.2 Å². The fraction of sp³-hybridized carbons (Fsp3) is 0.611. The van der Waals surface area contributed by atoms with E-state index in [-0.39, 0.29) is 18.0 Å². The van der Waals surface area contributed by atoms with Crippen LogP contribution in [0.15, 0.2) is 18.3 Å². The zero-order chi connectivity index (χ0) is 18.8. The van der Waals surface area contributed by atoms with Crippen LogP contribution in [-0.2, 0) is 4.74 Å². The molecule has 1 heterocycles. The summed E-state index contributed by atoms with van der Waals surface area (Å²) in [6.45, 7) is 10.5. The van der Waals surface area contributed by atoms with E-state index in [4.69, 9.17) is 4.74 Å². The summed E-state index contributed by atoms with van der Waals surface area (Å²) in [6.07, 6.45) is 1.92. The highest BCUT2D eigenvalue weighted by Crippen LogP contribution is 2.13. The molecular weight excluding hydrogens is 320 g/mol. The number of carbonyl (C=O) groups excluding carboxylic acids is 2. The van der Waals surface area contributed by atoms with Crippen molar-refractivity contribution in [1.29, 1.82) is 0 Å². The number of nitrogens with one attached hydrogen (secondary N) is 3. The van der Waals surface area contributed by atoms with Crippen molar-refractivity contribution < 1.29 is 14.3 Å². The molecular formula is C18H30N4O3. The third-order valence-corrected chi connectivity index (χ3v) is 3.34. The summed E-state index contributed by atoms with van der Waals surface area (Å²) in [5.41, 5.74) is 0.482. The Balaban J connectivity index is 2.72. The molecule has 3 N–H and O–H groups in total. The lowest BCUT2D eigenvalue weighted by molar-refractivity contribution is 0.0945. The van der Waals surface area contributed by atoms with Crippen molar-refractivity contribution in [3.05, 3.63) is 23.9 Å². The molecule has 0 aliphatic carbocycles. The van der Waals surface area contributed by atoms with Crippen LogP contribution in [0, 0.1) is 5.92 Å². The van der Waals surface area contributed by atoms with Gasteiger partial charge in [0, 0.05) is 24.8 Å². The van der Waals surface area contributed by atoms with E-state index in [0.717, 1.165) is 6.42 Å². The molecule has 0 bridgehead atoms. The minimum atomic E-state index is -0.467. The molecule has 1 aromatic heterocycles. The summed E-state index contributed by atoms with van der Waals surface area (Å²) in [7, 11) is 0. The lowest BCUT2D eigenvalue weighted by atomic mass is 10.0. The zero-order valence-electron chi connectivity index (χ0n) is 15.8. The van der Waals surface area contributed by atoms with E-state index in [1.54, 1.807) is 25.3 Å². The number of aromatic nitrogens is 1. The second-order valence-electron chi connectivity index (χ2n) is 6.60. The Labute approximate surface area is 149 Å². The van der Waals surface area contributed by atoms with E-state index in [0.29, 0.717) is 30.5 Å². The van der Waals surface area contributed by atoms with Crippen molar-refractivity contribution in [3.8, 4) is 0 Å². The molecule has 0 unspecified atom stereocenters. The van der Waals surface area contributed by atoms with E-state index >= 15 is 0 Å². The van der Waals surface area contributed by atoms with Gasteiger partial charge in [-0.05, 0) is 45.2 Å². The topological polar surface area (TPSA) is 92.4 Å². The first-order chi connectivity index (χ1) is 11.8. The van der Waals surface area contributed by atoms with Crippen LogP contribution >= 0.6 is 0 Å². The standard InChI is InChI=1S/C18H30N4O3/c1-6-25-18(24)22-14(10-12(2)3)11-20-17(23)15-8-7-9-19-16(15)21-13(4)5/h7-9,12-14H,6,10-11H2,1-5H3,(H,19,21)(H,20,23)(H,22,24)/t14-/m0/s1. The zero-order valence-corrected chi connectivity index (χ0v) is 15.8. The molecule has 1 atom stereocenters. The van der Waals surface area contributed by atoms with Gasteiger partial charge >= 0.3 is 6.09 Å². The van der Waals surface area contributed by atoms with E-state index in [9.17, 15) is 9.59 Å². The number of ether oxygens (including phenoxy) is 1. The van der Waals surface area contributed by atoms with Gasteiger partial charge in [0.1, 0.15) is 5.82 Å². The number of anilines is 1. The maximum Gasteiger partial charge on any atom is 0.407 e. The minimum absolute atomic E-state index is 0.167. The monoisotopic (exact) mass is 350 g/mol. The van der Waals surface area contributed by atoms with Gasteiger partial charge in [-0.1, -0.05) is 13.8 Å². The second kappa shape index (κ2) is 10.5. The molecule has 0 saturated heterocycles. The SMILES string of the molecule is CCOC(=O)N[C@H](CNC(=O)c1cccnc1NC(C)C)CC(C)C. The van der Waals surface area contributed by atoms with Gasteiger partial charge in [0.2, 0.25) is 0 Å². The van der Waals surface area contributed by atoms with E-state index in [1.807, 2.05) is 13.8 Å². The third kappa shape index (κ3) is 7.87. The molecule has 0 spiro atoms. The summed E-state index contributed by atoms with van der Waals surface area (Å²) in [5.74, 6) is 0.699. The first kappa shape index (κ1) is 20.7. The summed E-state index contributed by atoms with van der Waals surface area (Å²) in [6, 6.07) is 3.42.